The third-order valence-electron chi connectivity index (χ3n) is 1.80. The van der Waals surface area contributed by atoms with Crippen molar-refractivity contribution in [1.29, 1.82) is 0 Å². The normalized spacial score (nSPS) is 9.06. The van der Waals surface area contributed by atoms with Crippen LogP contribution in [0.3, 0.4) is 0 Å². The van der Waals surface area contributed by atoms with Crippen LogP contribution in [0.4, 0.5) is 0 Å². The second kappa shape index (κ2) is 6.71. The summed E-state index contributed by atoms with van der Waals surface area (Å²) in [6, 6.07) is 1.55. The van der Waals surface area contributed by atoms with Crippen LogP contribution in [-0.4, -0.2) is 28.9 Å². The van der Waals surface area contributed by atoms with Crippen LogP contribution in [0.25, 0.3) is 0 Å². The second-order valence-electron chi connectivity index (χ2n) is 2.99. The summed E-state index contributed by atoms with van der Waals surface area (Å²) >= 11 is 1.12. The maximum absolute atomic E-state index is 11.4. The molecule has 0 aromatic carbocycles. The lowest BCUT2D eigenvalue weighted by Gasteiger charge is -2.00. The van der Waals surface area contributed by atoms with Gasteiger partial charge in [0, 0.05) is 19.3 Å². The van der Waals surface area contributed by atoms with E-state index in [1.165, 1.54) is 26.4 Å². The summed E-state index contributed by atoms with van der Waals surface area (Å²) in [6.45, 7) is 1.48. The van der Waals surface area contributed by atoms with Crippen molar-refractivity contribution < 1.29 is 14.3 Å². The van der Waals surface area contributed by atoms with E-state index >= 15 is 0 Å². The van der Waals surface area contributed by atoms with Crippen molar-refractivity contribution in [3.63, 3.8) is 0 Å². The fraction of sp³-hybridized carbons (Fsp3) is 0.250. The van der Waals surface area contributed by atoms with Crippen LogP contribution in [0, 0.1) is 11.8 Å². The van der Waals surface area contributed by atoms with Gasteiger partial charge in [0.15, 0.2) is 5.12 Å². The van der Waals surface area contributed by atoms with Crippen LogP contribution in [0.15, 0.2) is 18.5 Å². The molecule has 0 aliphatic heterocycles. The van der Waals surface area contributed by atoms with E-state index in [0.29, 0.717) is 16.9 Å². The minimum Gasteiger partial charge on any atom is -0.465 e. The summed E-state index contributed by atoms with van der Waals surface area (Å²) in [6.07, 6.45) is 3.00. The van der Waals surface area contributed by atoms with Crippen molar-refractivity contribution in [1.82, 2.24) is 4.98 Å². The maximum Gasteiger partial charge on any atom is 0.339 e. The van der Waals surface area contributed by atoms with Gasteiger partial charge >= 0.3 is 5.97 Å². The summed E-state index contributed by atoms with van der Waals surface area (Å²) in [4.78, 5) is 26.0. The highest BCUT2D eigenvalue weighted by Crippen LogP contribution is 2.07. The predicted octanol–water partition coefficient (Wildman–Crippen LogP) is 1.50. The number of esters is 1. The van der Waals surface area contributed by atoms with Gasteiger partial charge in [-0.25, -0.2) is 4.79 Å². The van der Waals surface area contributed by atoms with Gasteiger partial charge < -0.3 is 4.74 Å². The summed E-state index contributed by atoms with van der Waals surface area (Å²) in [7, 11) is 1.31. The van der Waals surface area contributed by atoms with Gasteiger partial charge in [0.2, 0.25) is 0 Å². The van der Waals surface area contributed by atoms with Gasteiger partial charge in [0.25, 0.3) is 0 Å². The lowest BCUT2D eigenvalue weighted by Crippen LogP contribution is -2.04. The van der Waals surface area contributed by atoms with E-state index in [4.69, 9.17) is 0 Å². The highest BCUT2D eigenvalue weighted by molar-refractivity contribution is 8.13. The monoisotopic (exact) mass is 249 g/mol. The van der Waals surface area contributed by atoms with Crippen LogP contribution >= 0.6 is 11.8 Å². The molecule has 0 fully saturated rings. The van der Waals surface area contributed by atoms with Gasteiger partial charge in [-0.1, -0.05) is 23.6 Å². The molecule has 88 valence electrons. The molecule has 4 nitrogen and oxygen atoms in total. The first-order chi connectivity index (χ1) is 8.15. The van der Waals surface area contributed by atoms with Crippen LogP contribution in [-0.2, 0) is 9.53 Å². The van der Waals surface area contributed by atoms with Crippen molar-refractivity contribution in [3.05, 3.63) is 29.6 Å². The number of aromatic nitrogens is 1. The van der Waals surface area contributed by atoms with Crippen LogP contribution < -0.4 is 0 Å². The molecule has 1 aromatic rings. The van der Waals surface area contributed by atoms with Gasteiger partial charge in [0.1, 0.15) is 0 Å². The number of carbonyl (C=O) groups excluding carboxylic acids is 2. The van der Waals surface area contributed by atoms with Crippen molar-refractivity contribution in [2.24, 2.45) is 0 Å². The molecule has 0 aliphatic rings. The fourth-order valence-electron chi connectivity index (χ4n) is 1.05. The lowest BCUT2D eigenvalue weighted by molar-refractivity contribution is -0.109. The Morgan fingerprint density at radius 3 is 2.94 bits per heavy atom. The standard InChI is InChI=1S/C12H11NO3S/c1-9(14)17-7-3-4-10-8-13-6-5-11(10)12(15)16-2/h5-6,8H,7H2,1-2H3. The van der Waals surface area contributed by atoms with Crippen molar-refractivity contribution in [2.75, 3.05) is 12.9 Å². The smallest absolute Gasteiger partial charge is 0.339 e. The molecule has 1 aromatic heterocycles. The average Bonchev–Trinajstić information content (AvgIpc) is 2.34. The van der Waals surface area contributed by atoms with E-state index in [1.807, 2.05) is 0 Å². The zero-order chi connectivity index (χ0) is 12.7. The predicted molar refractivity (Wildman–Crippen MR) is 65.6 cm³/mol. The Labute approximate surface area is 104 Å². The van der Waals surface area contributed by atoms with Gasteiger partial charge in [-0.3, -0.25) is 9.78 Å². The van der Waals surface area contributed by atoms with E-state index < -0.39 is 5.97 Å². The third-order valence-corrected chi connectivity index (χ3v) is 2.49. The number of carbonyl (C=O) groups is 2. The number of rotatable bonds is 2. The van der Waals surface area contributed by atoms with Crippen LogP contribution in [0.1, 0.15) is 22.8 Å². The summed E-state index contributed by atoms with van der Waals surface area (Å²) in [5.74, 6) is 5.54. The first-order valence-corrected chi connectivity index (χ1v) is 5.78. The number of nitrogens with zero attached hydrogens (tertiary/aromatic N) is 1. The molecule has 0 unspecified atom stereocenters. The second-order valence-corrected chi connectivity index (χ2v) is 4.15. The Hall–Kier alpha value is -1.80. The molecule has 0 atom stereocenters. The van der Waals surface area contributed by atoms with E-state index in [2.05, 4.69) is 21.6 Å². The summed E-state index contributed by atoms with van der Waals surface area (Å²) < 4.78 is 4.63. The van der Waals surface area contributed by atoms with Crippen molar-refractivity contribution in [2.45, 2.75) is 6.92 Å². The van der Waals surface area contributed by atoms with E-state index in [1.54, 1.807) is 6.07 Å². The Morgan fingerprint density at radius 2 is 2.29 bits per heavy atom. The summed E-state index contributed by atoms with van der Waals surface area (Å²) in [5, 5.41) is 0.0127. The highest BCUT2D eigenvalue weighted by atomic mass is 32.2. The molecule has 0 bridgehead atoms. The fourth-order valence-corrected chi connectivity index (χ4v) is 1.40. The summed E-state index contributed by atoms with van der Waals surface area (Å²) in [5.41, 5.74) is 0.881. The first kappa shape index (κ1) is 13.3. The van der Waals surface area contributed by atoms with Gasteiger partial charge in [-0.05, 0) is 6.07 Å². The third kappa shape index (κ3) is 4.29. The van der Waals surface area contributed by atoms with E-state index in [-0.39, 0.29) is 5.12 Å². The molecule has 17 heavy (non-hydrogen) atoms. The van der Waals surface area contributed by atoms with E-state index in [0.717, 1.165) is 11.8 Å². The largest absolute Gasteiger partial charge is 0.465 e. The number of hydrogen-bond acceptors (Lipinski definition) is 5. The molecule has 0 aliphatic carbocycles. The van der Waals surface area contributed by atoms with Crippen molar-refractivity contribution >= 4 is 22.8 Å². The molecule has 5 heteroatoms. The Kier molecular flexibility index (Phi) is 5.24. The lowest BCUT2D eigenvalue weighted by atomic mass is 10.1. The molecule has 0 N–H and O–H groups in total. The van der Waals surface area contributed by atoms with E-state index in [9.17, 15) is 9.59 Å². The molecule has 1 rings (SSSR count). The van der Waals surface area contributed by atoms with Crippen LogP contribution in [0.5, 0.6) is 0 Å². The molecule has 0 amide bonds. The first-order valence-electron chi connectivity index (χ1n) is 4.79. The van der Waals surface area contributed by atoms with Gasteiger partial charge in [-0.15, -0.1) is 0 Å². The molecule has 0 saturated heterocycles. The Balaban J connectivity index is 2.83. The topological polar surface area (TPSA) is 56.3 Å². The van der Waals surface area contributed by atoms with Gasteiger partial charge in [0.05, 0.1) is 24.0 Å². The number of thioether (sulfide) groups is 1. The van der Waals surface area contributed by atoms with Crippen molar-refractivity contribution in [3.8, 4) is 11.8 Å². The molecular weight excluding hydrogens is 238 g/mol. The molecule has 1 heterocycles. The Bertz CT molecular complexity index is 488. The zero-order valence-corrected chi connectivity index (χ0v) is 10.3. The minimum absolute atomic E-state index is 0.0127. The maximum atomic E-state index is 11.4. The molecule has 0 spiro atoms. The zero-order valence-electron chi connectivity index (χ0n) is 9.52. The minimum atomic E-state index is -0.448. The molecular formula is C12H11NO3S. The average molecular weight is 249 g/mol. The number of ether oxygens (including phenoxy) is 1. The SMILES string of the molecule is COC(=O)c1ccncc1C#CCSC(C)=O. The quantitative estimate of drug-likeness (QED) is 0.587. The number of pyridine rings is 1. The number of hydrogen-bond donors (Lipinski definition) is 0. The van der Waals surface area contributed by atoms with Gasteiger partial charge in [-0.2, -0.15) is 0 Å². The Morgan fingerprint density at radius 1 is 1.53 bits per heavy atom. The van der Waals surface area contributed by atoms with Crippen LogP contribution in [0.2, 0.25) is 0 Å². The highest BCUT2D eigenvalue weighted by Gasteiger charge is 2.09. The molecule has 0 saturated carbocycles. The molecule has 0 radical (unpaired) electrons. The number of methoxy groups -OCH3 is 1.